The Kier molecular flexibility index (Phi) is 4.18. The number of benzene rings is 2. The molecule has 2 rings (SSSR count). The molecule has 1 amide bonds. The van der Waals surface area contributed by atoms with Crippen molar-refractivity contribution in [2.24, 2.45) is 0 Å². The molecule has 0 aliphatic heterocycles. The smallest absolute Gasteiger partial charge is 0.270 e. The highest BCUT2D eigenvalue weighted by Gasteiger charge is 2.16. The summed E-state index contributed by atoms with van der Waals surface area (Å²) in [5.74, 6) is -1.08. The Morgan fingerprint density at radius 1 is 1.29 bits per heavy atom. The van der Waals surface area contributed by atoms with Crippen LogP contribution in [0.15, 0.2) is 40.9 Å². The summed E-state index contributed by atoms with van der Waals surface area (Å²) < 4.78 is 13.3. The van der Waals surface area contributed by atoms with E-state index >= 15 is 0 Å². The molecule has 108 valence electrons. The number of rotatable bonds is 3. The molecular formula is C13H9BrFN3O3. The van der Waals surface area contributed by atoms with Gasteiger partial charge in [0, 0.05) is 22.3 Å². The van der Waals surface area contributed by atoms with Gasteiger partial charge in [-0.25, -0.2) is 4.39 Å². The van der Waals surface area contributed by atoms with Crippen LogP contribution in [-0.4, -0.2) is 10.8 Å². The number of non-ortho nitro benzene ring substituents is 1. The molecule has 3 N–H and O–H groups in total. The highest BCUT2D eigenvalue weighted by Crippen LogP contribution is 2.25. The Balaban J connectivity index is 2.32. The summed E-state index contributed by atoms with van der Waals surface area (Å²) in [5, 5.41) is 13.2. The maximum atomic E-state index is 13.0. The molecule has 0 unspecified atom stereocenters. The zero-order chi connectivity index (χ0) is 15.6. The molecule has 0 bridgehead atoms. The number of anilines is 2. The average Bonchev–Trinajstić information content (AvgIpc) is 2.42. The van der Waals surface area contributed by atoms with Crippen LogP contribution < -0.4 is 11.1 Å². The minimum absolute atomic E-state index is 0.0274. The van der Waals surface area contributed by atoms with Crippen LogP contribution in [0.3, 0.4) is 0 Å². The molecule has 0 aliphatic carbocycles. The predicted octanol–water partition coefficient (Wildman–Crippen LogP) is 3.33. The van der Waals surface area contributed by atoms with Gasteiger partial charge in [-0.15, -0.1) is 0 Å². The molecule has 21 heavy (non-hydrogen) atoms. The summed E-state index contributed by atoms with van der Waals surface area (Å²) >= 11 is 3.11. The van der Waals surface area contributed by atoms with Crippen molar-refractivity contribution < 1.29 is 14.1 Å². The molecule has 0 aliphatic rings. The van der Waals surface area contributed by atoms with Crippen LogP contribution in [0, 0.1) is 15.9 Å². The second-order valence-electron chi connectivity index (χ2n) is 4.11. The first-order valence-corrected chi connectivity index (χ1v) is 6.48. The lowest BCUT2D eigenvalue weighted by atomic mass is 10.1. The SMILES string of the molecule is Nc1ccc([N+](=O)[O-])cc1C(=O)Nc1ccc(F)cc1Br. The third-order valence-electron chi connectivity index (χ3n) is 2.67. The maximum Gasteiger partial charge on any atom is 0.270 e. The van der Waals surface area contributed by atoms with Gasteiger partial charge < -0.3 is 11.1 Å². The first-order chi connectivity index (χ1) is 9.88. The molecule has 0 spiro atoms. The molecule has 0 heterocycles. The van der Waals surface area contributed by atoms with Gasteiger partial charge in [0.05, 0.1) is 16.2 Å². The average molecular weight is 354 g/mol. The molecular weight excluding hydrogens is 345 g/mol. The number of carbonyl (C=O) groups is 1. The van der Waals surface area contributed by atoms with Gasteiger partial charge in [-0.2, -0.15) is 0 Å². The fraction of sp³-hybridized carbons (Fsp3) is 0. The van der Waals surface area contributed by atoms with Gasteiger partial charge in [0.1, 0.15) is 5.82 Å². The van der Waals surface area contributed by atoms with Crippen LogP contribution >= 0.6 is 15.9 Å². The van der Waals surface area contributed by atoms with Crippen molar-refractivity contribution in [1.29, 1.82) is 0 Å². The lowest BCUT2D eigenvalue weighted by molar-refractivity contribution is -0.384. The van der Waals surface area contributed by atoms with Crippen LogP contribution in [0.2, 0.25) is 0 Å². The number of carbonyl (C=O) groups excluding carboxylic acids is 1. The number of nitrogen functional groups attached to an aromatic ring is 1. The van der Waals surface area contributed by atoms with E-state index in [0.717, 1.165) is 6.07 Å². The van der Waals surface area contributed by atoms with E-state index in [-0.39, 0.29) is 16.9 Å². The monoisotopic (exact) mass is 353 g/mol. The molecule has 6 nitrogen and oxygen atoms in total. The number of amides is 1. The summed E-state index contributed by atoms with van der Waals surface area (Å²) in [7, 11) is 0. The molecule has 2 aromatic carbocycles. The predicted molar refractivity (Wildman–Crippen MR) is 79.6 cm³/mol. The van der Waals surface area contributed by atoms with E-state index in [0.29, 0.717) is 10.2 Å². The number of hydrogen-bond acceptors (Lipinski definition) is 4. The van der Waals surface area contributed by atoms with Crippen molar-refractivity contribution in [3.05, 3.63) is 62.4 Å². The third-order valence-corrected chi connectivity index (χ3v) is 3.33. The summed E-state index contributed by atoms with van der Waals surface area (Å²) in [6.07, 6.45) is 0. The van der Waals surface area contributed by atoms with Gasteiger partial charge in [-0.05, 0) is 40.2 Å². The number of nitrogens with one attached hydrogen (secondary N) is 1. The van der Waals surface area contributed by atoms with Crippen molar-refractivity contribution in [3.8, 4) is 0 Å². The molecule has 0 saturated heterocycles. The highest BCUT2D eigenvalue weighted by atomic mass is 79.9. The fourth-order valence-electron chi connectivity index (χ4n) is 1.63. The summed E-state index contributed by atoms with van der Waals surface area (Å²) in [4.78, 5) is 22.2. The molecule has 0 fully saturated rings. The maximum absolute atomic E-state index is 13.0. The van der Waals surface area contributed by atoms with Gasteiger partial charge in [0.2, 0.25) is 0 Å². The van der Waals surface area contributed by atoms with Gasteiger partial charge >= 0.3 is 0 Å². The van der Waals surface area contributed by atoms with Crippen LogP contribution in [-0.2, 0) is 0 Å². The summed E-state index contributed by atoms with van der Waals surface area (Å²) in [5.41, 5.74) is 5.81. The Labute approximate surface area is 127 Å². The second-order valence-corrected chi connectivity index (χ2v) is 4.96. The number of nitrogens with zero attached hydrogens (tertiary/aromatic N) is 1. The number of halogens is 2. The van der Waals surface area contributed by atoms with Crippen LogP contribution in [0.25, 0.3) is 0 Å². The molecule has 0 saturated carbocycles. The van der Waals surface area contributed by atoms with E-state index in [1.54, 1.807) is 0 Å². The summed E-state index contributed by atoms with van der Waals surface area (Å²) in [6.45, 7) is 0. The topological polar surface area (TPSA) is 98.3 Å². The molecule has 0 radical (unpaired) electrons. The fourth-order valence-corrected chi connectivity index (χ4v) is 2.08. The lowest BCUT2D eigenvalue weighted by Crippen LogP contribution is -2.14. The van der Waals surface area contributed by atoms with E-state index in [2.05, 4.69) is 21.2 Å². The van der Waals surface area contributed by atoms with E-state index in [9.17, 15) is 19.3 Å². The Hall–Kier alpha value is -2.48. The van der Waals surface area contributed by atoms with Crippen LogP contribution in [0.5, 0.6) is 0 Å². The van der Waals surface area contributed by atoms with Gasteiger partial charge in [-0.3, -0.25) is 14.9 Å². The van der Waals surface area contributed by atoms with E-state index in [1.165, 1.54) is 30.3 Å². The number of nitrogens with two attached hydrogens (primary N) is 1. The Morgan fingerprint density at radius 2 is 2.00 bits per heavy atom. The van der Waals surface area contributed by atoms with E-state index in [1.807, 2.05) is 0 Å². The largest absolute Gasteiger partial charge is 0.398 e. The number of hydrogen-bond donors (Lipinski definition) is 2. The second kappa shape index (κ2) is 5.88. The minimum atomic E-state index is -0.622. The van der Waals surface area contributed by atoms with Gasteiger partial charge in [0.25, 0.3) is 11.6 Å². The Morgan fingerprint density at radius 3 is 2.62 bits per heavy atom. The normalized spacial score (nSPS) is 10.2. The van der Waals surface area contributed by atoms with Crippen molar-refractivity contribution in [1.82, 2.24) is 0 Å². The van der Waals surface area contributed by atoms with Gasteiger partial charge in [0.15, 0.2) is 0 Å². The number of nitro benzene ring substituents is 1. The van der Waals surface area contributed by atoms with Crippen molar-refractivity contribution in [2.45, 2.75) is 0 Å². The summed E-state index contributed by atoms with van der Waals surface area (Å²) in [6, 6.07) is 7.31. The molecule has 8 heteroatoms. The van der Waals surface area contributed by atoms with Crippen LogP contribution in [0.4, 0.5) is 21.5 Å². The van der Waals surface area contributed by atoms with Crippen molar-refractivity contribution in [2.75, 3.05) is 11.1 Å². The van der Waals surface area contributed by atoms with Gasteiger partial charge in [-0.1, -0.05) is 0 Å². The molecule has 0 atom stereocenters. The Bertz CT molecular complexity index is 737. The van der Waals surface area contributed by atoms with Crippen molar-refractivity contribution in [3.63, 3.8) is 0 Å². The lowest BCUT2D eigenvalue weighted by Gasteiger charge is -2.09. The van der Waals surface area contributed by atoms with E-state index in [4.69, 9.17) is 5.73 Å². The quantitative estimate of drug-likeness (QED) is 0.502. The first-order valence-electron chi connectivity index (χ1n) is 5.69. The molecule has 2 aromatic rings. The van der Waals surface area contributed by atoms with Crippen molar-refractivity contribution >= 4 is 38.9 Å². The first kappa shape index (κ1) is 14.9. The highest BCUT2D eigenvalue weighted by molar-refractivity contribution is 9.10. The standard InChI is InChI=1S/C13H9BrFN3O3/c14-10-5-7(15)1-4-12(10)17-13(19)9-6-8(18(20)21)2-3-11(9)16/h1-6H,16H2,(H,17,19). The number of nitro groups is 1. The molecule has 0 aromatic heterocycles. The van der Waals surface area contributed by atoms with E-state index < -0.39 is 16.6 Å². The van der Waals surface area contributed by atoms with Crippen LogP contribution in [0.1, 0.15) is 10.4 Å². The minimum Gasteiger partial charge on any atom is -0.398 e. The third kappa shape index (κ3) is 3.34. The zero-order valence-corrected chi connectivity index (χ0v) is 12.1. The zero-order valence-electron chi connectivity index (χ0n) is 10.5.